The van der Waals surface area contributed by atoms with E-state index in [4.69, 9.17) is 44.6 Å². The van der Waals surface area contributed by atoms with E-state index in [2.05, 4.69) is 22.5 Å². The molecule has 0 spiro atoms. The van der Waals surface area contributed by atoms with Crippen molar-refractivity contribution in [3.05, 3.63) is 91.7 Å². The Labute approximate surface area is 266 Å². The van der Waals surface area contributed by atoms with Gasteiger partial charge in [-0.2, -0.15) is 5.26 Å². The fraction of sp³-hybridized carbons (Fsp3) is 0.194. The van der Waals surface area contributed by atoms with Crippen molar-refractivity contribution in [2.45, 2.75) is 32.2 Å². The minimum atomic E-state index is -1.12. The molecule has 9 nitrogen and oxygen atoms in total. The largest absolute Gasteiger partial charge is 0.483 e. The number of carboxylic acid groups (broad SMARTS) is 1. The highest BCUT2D eigenvalue weighted by Crippen LogP contribution is 2.28. The first-order valence-electron chi connectivity index (χ1n) is 12.7. The Morgan fingerprint density at radius 3 is 2.39 bits per heavy atom. The molecule has 44 heavy (non-hydrogen) atoms. The molecule has 0 fully saturated rings. The summed E-state index contributed by atoms with van der Waals surface area (Å²) in [4.78, 5) is 48.4. The van der Waals surface area contributed by atoms with Gasteiger partial charge in [0.1, 0.15) is 11.6 Å². The molecule has 226 valence electrons. The summed E-state index contributed by atoms with van der Waals surface area (Å²) in [6, 6.07) is 12.4. The second-order valence-corrected chi connectivity index (χ2v) is 11.1. The molecule has 3 N–H and O–H groups in total. The Morgan fingerprint density at radius 1 is 0.977 bits per heavy atom. The van der Waals surface area contributed by atoms with E-state index < -0.39 is 41.5 Å². The lowest BCUT2D eigenvalue weighted by Crippen LogP contribution is -2.42. The molecule has 13 heteroatoms. The van der Waals surface area contributed by atoms with E-state index in [9.17, 15) is 28.8 Å². The fourth-order valence-corrected chi connectivity index (χ4v) is 4.32. The van der Waals surface area contributed by atoms with Crippen molar-refractivity contribution < 1.29 is 33.4 Å². The molecule has 3 aromatic rings. The van der Waals surface area contributed by atoms with Crippen molar-refractivity contribution >= 4 is 64.1 Å². The number of carbonyl (C=O) groups excluding carboxylic acids is 3. The number of aliphatic carboxylic acids is 1. The summed E-state index contributed by atoms with van der Waals surface area (Å²) in [5, 5.41) is 23.3. The zero-order valence-corrected chi connectivity index (χ0v) is 25.5. The van der Waals surface area contributed by atoms with Gasteiger partial charge in [0.25, 0.3) is 5.91 Å². The number of hydrogen-bond donors (Lipinski definition) is 3. The second kappa shape index (κ2) is 14.7. The maximum Gasteiger partial charge on any atom is 0.303 e. The van der Waals surface area contributed by atoms with Gasteiger partial charge in [0.2, 0.25) is 5.91 Å². The molecule has 0 aliphatic heterocycles. The highest BCUT2D eigenvalue weighted by molar-refractivity contribution is 6.34. The standard InChI is InChI=1S/C31H23Cl3FN3O6/c1-31(2,38-27(39)5-6-29(41)42)8-7-18-12-23(34)25(14-24(18)35)37-28(40)16-44-26-4-3-20(32)13-22(26)30(43)19-9-17(15-36)10-21(33)11-19/h3-4,9-14H,5-6,16H2,1-2H3,(H,37,40)(H,38,39)(H,41,42). The van der Waals surface area contributed by atoms with Gasteiger partial charge in [0.05, 0.1) is 45.4 Å². The van der Waals surface area contributed by atoms with Crippen LogP contribution < -0.4 is 15.4 Å². The summed E-state index contributed by atoms with van der Waals surface area (Å²) in [7, 11) is 0. The number of nitrogens with zero attached hydrogens (tertiary/aromatic N) is 1. The van der Waals surface area contributed by atoms with Gasteiger partial charge in [-0.3, -0.25) is 19.2 Å². The van der Waals surface area contributed by atoms with Gasteiger partial charge in [-0.25, -0.2) is 4.39 Å². The minimum absolute atomic E-state index is 0.0180. The maximum atomic E-state index is 14.8. The second-order valence-electron chi connectivity index (χ2n) is 9.78. The molecule has 0 aliphatic carbocycles. The van der Waals surface area contributed by atoms with E-state index in [0.29, 0.717) is 0 Å². The predicted molar refractivity (Wildman–Crippen MR) is 163 cm³/mol. The van der Waals surface area contributed by atoms with Crippen LogP contribution in [0.5, 0.6) is 5.75 Å². The van der Waals surface area contributed by atoms with Crippen molar-refractivity contribution in [2.24, 2.45) is 0 Å². The summed E-state index contributed by atoms with van der Waals surface area (Å²) in [5.74, 6) is 1.59. The molecule has 0 unspecified atom stereocenters. The van der Waals surface area contributed by atoms with Crippen LogP contribution in [0.3, 0.4) is 0 Å². The zero-order chi connectivity index (χ0) is 32.6. The number of nitrogens with one attached hydrogen (secondary N) is 2. The average molecular weight is 659 g/mol. The van der Waals surface area contributed by atoms with Gasteiger partial charge in [-0.1, -0.05) is 46.6 Å². The lowest BCUT2D eigenvalue weighted by molar-refractivity contribution is -0.139. The van der Waals surface area contributed by atoms with E-state index in [0.717, 1.165) is 6.07 Å². The molecule has 0 bridgehead atoms. The summed E-state index contributed by atoms with van der Waals surface area (Å²) in [6.07, 6.45) is -0.580. The topological polar surface area (TPSA) is 146 Å². The Balaban J connectivity index is 1.71. The summed E-state index contributed by atoms with van der Waals surface area (Å²) in [6.45, 7) is 2.53. The van der Waals surface area contributed by atoms with Crippen LogP contribution in [0, 0.1) is 29.0 Å². The molecule has 0 saturated carbocycles. The molecular weight excluding hydrogens is 636 g/mol. The number of halogens is 4. The van der Waals surface area contributed by atoms with E-state index in [1.54, 1.807) is 13.8 Å². The van der Waals surface area contributed by atoms with Crippen LogP contribution >= 0.6 is 34.8 Å². The van der Waals surface area contributed by atoms with Gasteiger partial charge in [0.15, 0.2) is 12.4 Å². The minimum Gasteiger partial charge on any atom is -0.483 e. The van der Waals surface area contributed by atoms with Gasteiger partial charge < -0.3 is 20.5 Å². The van der Waals surface area contributed by atoms with Crippen molar-refractivity contribution in [3.63, 3.8) is 0 Å². The number of anilines is 1. The fourth-order valence-electron chi connectivity index (χ4n) is 3.70. The number of hydrogen-bond acceptors (Lipinski definition) is 6. The Morgan fingerprint density at radius 2 is 1.70 bits per heavy atom. The number of nitriles is 1. The molecule has 0 aliphatic rings. The van der Waals surface area contributed by atoms with E-state index in [-0.39, 0.29) is 61.6 Å². The van der Waals surface area contributed by atoms with Gasteiger partial charge in [0, 0.05) is 28.1 Å². The predicted octanol–water partition coefficient (Wildman–Crippen LogP) is 6.02. The molecule has 0 aromatic heterocycles. The van der Waals surface area contributed by atoms with E-state index in [1.165, 1.54) is 42.5 Å². The number of amides is 2. The van der Waals surface area contributed by atoms with Gasteiger partial charge in [-0.05, 0) is 56.3 Å². The zero-order valence-electron chi connectivity index (χ0n) is 23.2. The van der Waals surface area contributed by atoms with E-state index in [1.807, 2.05) is 6.07 Å². The molecule has 3 aromatic carbocycles. The number of rotatable bonds is 10. The Kier molecular flexibility index (Phi) is 11.3. The summed E-state index contributed by atoms with van der Waals surface area (Å²) < 4.78 is 20.4. The number of ether oxygens (including phenoxy) is 1. The molecule has 0 atom stereocenters. The van der Waals surface area contributed by atoms with Crippen molar-refractivity contribution in [2.75, 3.05) is 11.9 Å². The smallest absolute Gasteiger partial charge is 0.303 e. The van der Waals surface area contributed by atoms with E-state index >= 15 is 0 Å². The van der Waals surface area contributed by atoms with Crippen LogP contribution in [0.15, 0.2) is 48.5 Å². The maximum absolute atomic E-state index is 14.8. The molecule has 0 radical (unpaired) electrons. The molecular formula is C31H23Cl3FN3O6. The third kappa shape index (κ3) is 9.72. The summed E-state index contributed by atoms with van der Waals surface area (Å²) in [5.41, 5.74) is -0.980. The Hall–Kier alpha value is -4.61. The first-order chi connectivity index (χ1) is 20.7. The lowest BCUT2D eigenvalue weighted by Gasteiger charge is -2.19. The highest BCUT2D eigenvalue weighted by atomic mass is 35.5. The molecule has 0 saturated heterocycles. The van der Waals surface area contributed by atoms with Crippen LogP contribution in [0.1, 0.15) is 53.7 Å². The lowest BCUT2D eigenvalue weighted by atomic mass is 10.0. The monoisotopic (exact) mass is 657 g/mol. The highest BCUT2D eigenvalue weighted by Gasteiger charge is 2.20. The van der Waals surface area contributed by atoms with Crippen molar-refractivity contribution in [3.8, 4) is 23.7 Å². The summed E-state index contributed by atoms with van der Waals surface area (Å²) >= 11 is 18.4. The third-order valence-corrected chi connectivity index (χ3v) is 6.46. The number of benzene rings is 3. The van der Waals surface area contributed by atoms with Gasteiger partial charge in [-0.15, -0.1) is 0 Å². The van der Waals surface area contributed by atoms with Crippen molar-refractivity contribution in [1.82, 2.24) is 5.32 Å². The van der Waals surface area contributed by atoms with Gasteiger partial charge >= 0.3 is 5.97 Å². The number of ketones is 1. The third-order valence-electron chi connectivity index (χ3n) is 5.69. The van der Waals surface area contributed by atoms with Crippen LogP contribution in [0.4, 0.5) is 10.1 Å². The van der Waals surface area contributed by atoms with Crippen molar-refractivity contribution in [1.29, 1.82) is 5.26 Å². The normalized spacial score (nSPS) is 10.6. The first kappa shape index (κ1) is 33.9. The Bertz CT molecular complexity index is 1760. The van der Waals surface area contributed by atoms with Crippen LogP contribution in [-0.2, 0) is 14.4 Å². The van der Waals surface area contributed by atoms with Crippen LogP contribution in [-0.4, -0.2) is 40.8 Å². The SMILES string of the molecule is CC(C)(C#Cc1cc(Cl)c(NC(=O)COc2ccc(Cl)cc2C(=O)c2cc(Cl)cc(C#N)c2)cc1F)NC(=O)CCC(=O)O. The van der Waals surface area contributed by atoms with Crippen LogP contribution in [0.25, 0.3) is 0 Å². The first-order valence-corrected chi connectivity index (χ1v) is 13.8. The molecule has 2 amide bonds. The number of carbonyl (C=O) groups is 4. The van der Waals surface area contributed by atoms with Crippen LogP contribution in [0.2, 0.25) is 15.1 Å². The number of carboxylic acids is 1. The molecule has 0 heterocycles. The quantitative estimate of drug-likeness (QED) is 0.178. The average Bonchev–Trinajstić information content (AvgIpc) is 2.95. The molecule has 3 rings (SSSR count).